The summed E-state index contributed by atoms with van der Waals surface area (Å²) in [5, 5.41) is 11.3. The van der Waals surface area contributed by atoms with Crippen molar-refractivity contribution in [2.75, 3.05) is 0 Å². The van der Waals surface area contributed by atoms with Crippen LogP contribution in [0, 0.1) is 10.1 Å². The second kappa shape index (κ2) is 7.90. The summed E-state index contributed by atoms with van der Waals surface area (Å²) in [6.07, 6.45) is 1.38. The zero-order valence-corrected chi connectivity index (χ0v) is 17.0. The molecule has 2 aromatic rings. The van der Waals surface area contributed by atoms with E-state index in [0.717, 1.165) is 12.5 Å². The van der Waals surface area contributed by atoms with Crippen molar-refractivity contribution in [1.29, 1.82) is 0 Å². The predicted octanol–water partition coefficient (Wildman–Crippen LogP) is 4.16. The average molecular weight is 408 g/mol. The van der Waals surface area contributed by atoms with Crippen LogP contribution in [0.25, 0.3) is 6.08 Å². The first kappa shape index (κ1) is 20.9. The number of nitrogens with zero attached hydrogens (tertiary/aromatic N) is 2. The van der Waals surface area contributed by atoms with Gasteiger partial charge in [-0.3, -0.25) is 14.9 Å². The van der Waals surface area contributed by atoms with Crippen molar-refractivity contribution in [2.45, 2.75) is 33.1 Å². The molecular formula is C22H20N2O6. The topological polar surface area (TPSA) is 108 Å². The largest absolute Gasteiger partial charge is 0.419 e. The van der Waals surface area contributed by atoms with E-state index in [1.807, 2.05) is 24.3 Å². The van der Waals surface area contributed by atoms with Gasteiger partial charge in [0.25, 0.3) is 0 Å². The summed E-state index contributed by atoms with van der Waals surface area (Å²) in [5.41, 5.74) is 1.73. The van der Waals surface area contributed by atoms with Gasteiger partial charge in [0.15, 0.2) is 5.70 Å². The SMILES string of the molecule is CC(=O)Oc1ccc(/C=C2\N=C(c3ccc(C(C)(C)C)cc3)OC2=O)cc1[N+](=O)[O-]. The minimum atomic E-state index is -0.671. The van der Waals surface area contributed by atoms with Crippen LogP contribution in [0.1, 0.15) is 44.4 Å². The fraction of sp³-hybridized carbons (Fsp3) is 0.227. The Balaban J connectivity index is 1.91. The molecule has 0 N–H and O–H groups in total. The van der Waals surface area contributed by atoms with E-state index in [-0.39, 0.29) is 22.8 Å². The number of cyclic esters (lactones) is 1. The van der Waals surface area contributed by atoms with Crippen molar-refractivity contribution in [3.63, 3.8) is 0 Å². The molecule has 1 aliphatic rings. The van der Waals surface area contributed by atoms with Crippen LogP contribution in [0.4, 0.5) is 5.69 Å². The number of hydrogen-bond donors (Lipinski definition) is 0. The molecule has 0 fully saturated rings. The van der Waals surface area contributed by atoms with Gasteiger partial charge >= 0.3 is 17.6 Å². The molecule has 0 saturated heterocycles. The number of carbonyl (C=O) groups is 2. The quantitative estimate of drug-likeness (QED) is 0.247. The van der Waals surface area contributed by atoms with Gasteiger partial charge in [0.05, 0.1) is 4.92 Å². The molecule has 30 heavy (non-hydrogen) atoms. The molecule has 0 aliphatic carbocycles. The molecule has 3 rings (SSSR count). The maximum Gasteiger partial charge on any atom is 0.363 e. The lowest BCUT2D eigenvalue weighted by Crippen LogP contribution is -2.11. The van der Waals surface area contributed by atoms with Crippen molar-refractivity contribution in [3.8, 4) is 5.75 Å². The van der Waals surface area contributed by atoms with Crippen molar-refractivity contribution < 1.29 is 24.0 Å². The summed E-state index contributed by atoms with van der Waals surface area (Å²) in [6.45, 7) is 7.45. The Bertz CT molecular complexity index is 1090. The molecule has 0 atom stereocenters. The van der Waals surface area contributed by atoms with Gasteiger partial charge in [0, 0.05) is 18.6 Å². The first-order chi connectivity index (χ1) is 14.0. The third-order valence-corrected chi connectivity index (χ3v) is 4.36. The zero-order valence-electron chi connectivity index (χ0n) is 17.0. The molecule has 0 saturated carbocycles. The van der Waals surface area contributed by atoms with Gasteiger partial charge in [-0.2, -0.15) is 0 Å². The average Bonchev–Trinajstić information content (AvgIpc) is 3.02. The van der Waals surface area contributed by atoms with Crippen LogP contribution < -0.4 is 4.74 Å². The number of nitro benzene ring substituents is 1. The van der Waals surface area contributed by atoms with Gasteiger partial charge in [-0.1, -0.05) is 39.0 Å². The lowest BCUT2D eigenvalue weighted by atomic mass is 9.87. The molecule has 0 radical (unpaired) electrons. The zero-order chi connectivity index (χ0) is 22.1. The van der Waals surface area contributed by atoms with E-state index in [1.165, 1.54) is 24.3 Å². The Morgan fingerprint density at radius 3 is 2.40 bits per heavy atom. The van der Waals surface area contributed by atoms with E-state index in [9.17, 15) is 19.7 Å². The van der Waals surface area contributed by atoms with Crippen LogP contribution in [-0.4, -0.2) is 22.8 Å². The Labute approximate surface area is 173 Å². The first-order valence-corrected chi connectivity index (χ1v) is 9.15. The summed E-state index contributed by atoms with van der Waals surface area (Å²) in [5.74, 6) is -1.34. The molecule has 2 aromatic carbocycles. The third kappa shape index (κ3) is 4.60. The summed E-state index contributed by atoms with van der Waals surface area (Å²) in [6, 6.07) is 11.5. The van der Waals surface area contributed by atoms with Gasteiger partial charge < -0.3 is 9.47 Å². The minimum Gasteiger partial charge on any atom is -0.419 e. The predicted molar refractivity (Wildman–Crippen MR) is 110 cm³/mol. The number of nitro groups is 1. The van der Waals surface area contributed by atoms with Crippen molar-refractivity contribution in [1.82, 2.24) is 0 Å². The van der Waals surface area contributed by atoms with Crippen LogP contribution in [0.3, 0.4) is 0 Å². The summed E-state index contributed by atoms with van der Waals surface area (Å²) < 4.78 is 10.1. The van der Waals surface area contributed by atoms with Crippen molar-refractivity contribution in [3.05, 3.63) is 75.0 Å². The number of carbonyl (C=O) groups excluding carboxylic acids is 2. The standard InChI is InChI=1S/C22H20N2O6/c1-13(25)29-19-10-5-14(12-18(19)24(27)28)11-17-21(26)30-20(23-17)15-6-8-16(9-7-15)22(2,3)4/h5-12H,1-4H3/b17-11-. The molecule has 0 aromatic heterocycles. The van der Waals surface area contributed by atoms with Gasteiger partial charge in [-0.25, -0.2) is 9.79 Å². The minimum absolute atomic E-state index is 0.00919. The highest BCUT2D eigenvalue weighted by Crippen LogP contribution is 2.30. The monoisotopic (exact) mass is 408 g/mol. The first-order valence-electron chi connectivity index (χ1n) is 9.15. The van der Waals surface area contributed by atoms with E-state index in [1.54, 1.807) is 0 Å². The fourth-order valence-electron chi connectivity index (χ4n) is 2.81. The van der Waals surface area contributed by atoms with Gasteiger partial charge in [0.2, 0.25) is 11.6 Å². The molecular weight excluding hydrogens is 388 g/mol. The lowest BCUT2D eigenvalue weighted by Gasteiger charge is -2.18. The molecule has 8 heteroatoms. The maximum atomic E-state index is 12.2. The van der Waals surface area contributed by atoms with Crippen molar-refractivity contribution >= 4 is 29.6 Å². The summed E-state index contributed by atoms with van der Waals surface area (Å²) in [7, 11) is 0. The number of benzene rings is 2. The van der Waals surface area contributed by atoms with Crippen molar-refractivity contribution in [2.24, 2.45) is 4.99 Å². The van der Waals surface area contributed by atoms with Crippen LogP contribution >= 0.6 is 0 Å². The molecule has 0 bridgehead atoms. The summed E-state index contributed by atoms with van der Waals surface area (Å²) in [4.78, 5) is 38.1. The second-order valence-electron chi connectivity index (χ2n) is 7.74. The Morgan fingerprint density at radius 1 is 1.17 bits per heavy atom. The van der Waals surface area contributed by atoms with E-state index < -0.39 is 22.5 Å². The maximum absolute atomic E-state index is 12.2. The highest BCUT2D eigenvalue weighted by Gasteiger charge is 2.25. The normalized spacial score (nSPS) is 15.0. The smallest absolute Gasteiger partial charge is 0.363 e. The fourth-order valence-corrected chi connectivity index (χ4v) is 2.81. The van der Waals surface area contributed by atoms with Gasteiger partial charge in [-0.15, -0.1) is 0 Å². The molecule has 8 nitrogen and oxygen atoms in total. The number of esters is 2. The number of rotatable bonds is 4. The van der Waals surface area contributed by atoms with E-state index in [2.05, 4.69) is 25.8 Å². The van der Waals surface area contributed by atoms with E-state index >= 15 is 0 Å². The molecule has 1 heterocycles. The number of ether oxygens (including phenoxy) is 2. The van der Waals surface area contributed by atoms with E-state index in [0.29, 0.717) is 11.1 Å². The highest BCUT2D eigenvalue weighted by atomic mass is 16.6. The Morgan fingerprint density at radius 2 is 1.83 bits per heavy atom. The van der Waals surface area contributed by atoms with Crippen LogP contribution in [0.15, 0.2) is 53.2 Å². The van der Waals surface area contributed by atoms with Crippen LogP contribution in [-0.2, 0) is 19.7 Å². The second-order valence-corrected chi connectivity index (χ2v) is 7.74. The Hall–Kier alpha value is -3.81. The molecule has 0 unspecified atom stereocenters. The molecule has 154 valence electrons. The molecule has 0 amide bonds. The van der Waals surface area contributed by atoms with E-state index in [4.69, 9.17) is 9.47 Å². The van der Waals surface area contributed by atoms with Gasteiger partial charge in [-0.05, 0) is 40.8 Å². The van der Waals surface area contributed by atoms with Gasteiger partial charge in [0.1, 0.15) is 0 Å². The molecule has 0 spiro atoms. The Kier molecular flexibility index (Phi) is 5.51. The number of hydrogen-bond acceptors (Lipinski definition) is 7. The molecule has 1 aliphatic heterocycles. The van der Waals surface area contributed by atoms with Crippen LogP contribution in [0.5, 0.6) is 5.75 Å². The summed E-state index contributed by atoms with van der Waals surface area (Å²) >= 11 is 0. The lowest BCUT2D eigenvalue weighted by molar-refractivity contribution is -0.385. The highest BCUT2D eigenvalue weighted by molar-refractivity contribution is 6.12. The third-order valence-electron chi connectivity index (χ3n) is 4.36. The number of aliphatic imine (C=N–C) groups is 1. The van der Waals surface area contributed by atoms with Crippen LogP contribution in [0.2, 0.25) is 0 Å².